The van der Waals surface area contributed by atoms with Crippen molar-refractivity contribution >= 4 is 5.91 Å². The average molecular weight is 363 g/mol. The molecule has 1 heterocycles. The molecule has 27 heavy (non-hydrogen) atoms. The minimum absolute atomic E-state index is 0.116. The number of ether oxygens (including phenoxy) is 2. The summed E-state index contributed by atoms with van der Waals surface area (Å²) in [6.45, 7) is 0. The molecule has 0 radical (unpaired) electrons. The van der Waals surface area contributed by atoms with Crippen molar-refractivity contribution in [3.05, 3.63) is 60.3 Å². The molecule has 0 bridgehead atoms. The molecule has 6 nitrogen and oxygen atoms in total. The minimum atomic E-state index is -0.116. The Balaban J connectivity index is 1.76. The highest BCUT2D eigenvalue weighted by Gasteiger charge is 2.26. The first-order chi connectivity index (χ1) is 13.2. The molecule has 0 spiro atoms. The van der Waals surface area contributed by atoms with Gasteiger partial charge in [-0.15, -0.1) is 0 Å². The highest BCUT2D eigenvalue weighted by atomic mass is 16.5. The minimum Gasteiger partial charge on any atom is -0.497 e. The van der Waals surface area contributed by atoms with E-state index in [4.69, 9.17) is 9.47 Å². The lowest BCUT2D eigenvalue weighted by Gasteiger charge is -2.08. The molecule has 6 heteroatoms. The SMILES string of the molecule is COc1ccc(-n2nc(-c3cccc(OC)c3)cc2C(=O)NC2CC2)cc1. The summed E-state index contributed by atoms with van der Waals surface area (Å²) in [5.41, 5.74) is 2.91. The zero-order valence-electron chi connectivity index (χ0n) is 15.3. The van der Waals surface area contributed by atoms with Crippen LogP contribution in [0.15, 0.2) is 54.6 Å². The Morgan fingerprint density at radius 3 is 2.44 bits per heavy atom. The molecule has 0 saturated heterocycles. The third kappa shape index (κ3) is 3.65. The first-order valence-corrected chi connectivity index (χ1v) is 8.87. The Morgan fingerprint density at radius 1 is 1.04 bits per heavy atom. The molecule has 1 aromatic heterocycles. The predicted molar refractivity (Wildman–Crippen MR) is 103 cm³/mol. The second-order valence-corrected chi connectivity index (χ2v) is 6.50. The molecule has 2 aromatic carbocycles. The van der Waals surface area contributed by atoms with Gasteiger partial charge >= 0.3 is 0 Å². The molecule has 0 atom stereocenters. The molecule has 0 unspecified atom stereocenters. The number of benzene rings is 2. The molecule has 1 aliphatic rings. The van der Waals surface area contributed by atoms with Crippen molar-refractivity contribution in [2.24, 2.45) is 0 Å². The highest BCUT2D eigenvalue weighted by molar-refractivity contribution is 5.94. The lowest BCUT2D eigenvalue weighted by Crippen LogP contribution is -2.27. The number of carbonyl (C=O) groups excluding carboxylic acids is 1. The fourth-order valence-corrected chi connectivity index (χ4v) is 2.87. The topological polar surface area (TPSA) is 65.4 Å². The number of hydrogen-bond acceptors (Lipinski definition) is 4. The summed E-state index contributed by atoms with van der Waals surface area (Å²) in [4.78, 5) is 12.8. The van der Waals surface area contributed by atoms with Crippen molar-refractivity contribution in [3.63, 3.8) is 0 Å². The highest BCUT2D eigenvalue weighted by Crippen LogP contribution is 2.27. The molecule has 138 valence electrons. The van der Waals surface area contributed by atoms with Crippen molar-refractivity contribution in [1.82, 2.24) is 15.1 Å². The summed E-state index contributed by atoms with van der Waals surface area (Å²) in [5, 5.41) is 7.73. The van der Waals surface area contributed by atoms with Gasteiger partial charge in [0.1, 0.15) is 17.2 Å². The Hall–Kier alpha value is -3.28. The summed E-state index contributed by atoms with van der Waals surface area (Å²) in [6, 6.07) is 17.2. The van der Waals surface area contributed by atoms with Crippen LogP contribution in [0.4, 0.5) is 0 Å². The summed E-state index contributed by atoms with van der Waals surface area (Å²) < 4.78 is 12.2. The number of carbonyl (C=O) groups is 1. The lowest BCUT2D eigenvalue weighted by atomic mass is 10.1. The standard InChI is InChI=1S/C21H21N3O3/c1-26-17-10-8-16(9-11-17)24-20(21(25)22-15-6-7-15)13-19(23-24)14-4-3-5-18(12-14)27-2/h3-5,8-13,15H,6-7H2,1-2H3,(H,22,25). The molecule has 1 saturated carbocycles. The second kappa shape index (κ2) is 7.15. The zero-order valence-corrected chi connectivity index (χ0v) is 15.3. The van der Waals surface area contributed by atoms with Crippen LogP contribution in [0.5, 0.6) is 11.5 Å². The van der Waals surface area contributed by atoms with Gasteiger partial charge in [0.25, 0.3) is 5.91 Å². The largest absolute Gasteiger partial charge is 0.497 e. The Morgan fingerprint density at radius 2 is 1.78 bits per heavy atom. The van der Waals surface area contributed by atoms with E-state index in [9.17, 15) is 4.79 Å². The maximum absolute atomic E-state index is 12.8. The van der Waals surface area contributed by atoms with Gasteiger partial charge in [-0.05, 0) is 55.3 Å². The van der Waals surface area contributed by atoms with E-state index in [1.165, 1.54) is 0 Å². The number of amides is 1. The fourth-order valence-electron chi connectivity index (χ4n) is 2.87. The van der Waals surface area contributed by atoms with Crippen LogP contribution in [-0.4, -0.2) is 35.9 Å². The quantitative estimate of drug-likeness (QED) is 0.728. The van der Waals surface area contributed by atoms with Gasteiger partial charge in [-0.3, -0.25) is 4.79 Å². The zero-order chi connectivity index (χ0) is 18.8. The molecular weight excluding hydrogens is 342 g/mol. The van der Waals surface area contributed by atoms with E-state index in [-0.39, 0.29) is 11.9 Å². The van der Waals surface area contributed by atoms with Gasteiger partial charge in [0.2, 0.25) is 0 Å². The van der Waals surface area contributed by atoms with Crippen molar-refractivity contribution in [1.29, 1.82) is 0 Å². The Bertz CT molecular complexity index is 959. The number of aromatic nitrogens is 2. The maximum Gasteiger partial charge on any atom is 0.270 e. The van der Waals surface area contributed by atoms with Gasteiger partial charge in [0, 0.05) is 11.6 Å². The summed E-state index contributed by atoms with van der Waals surface area (Å²) >= 11 is 0. The lowest BCUT2D eigenvalue weighted by molar-refractivity contribution is 0.0943. The van der Waals surface area contributed by atoms with E-state index in [1.807, 2.05) is 54.6 Å². The first kappa shape index (κ1) is 17.1. The van der Waals surface area contributed by atoms with Gasteiger partial charge in [0.05, 0.1) is 25.6 Å². The molecule has 1 amide bonds. The third-order valence-corrected chi connectivity index (χ3v) is 4.54. The fraction of sp³-hybridized carbons (Fsp3) is 0.238. The van der Waals surface area contributed by atoms with Gasteiger partial charge < -0.3 is 14.8 Å². The predicted octanol–water partition coefficient (Wildman–Crippen LogP) is 3.45. The van der Waals surface area contributed by atoms with Crippen LogP contribution >= 0.6 is 0 Å². The van der Waals surface area contributed by atoms with Crippen LogP contribution in [0.25, 0.3) is 16.9 Å². The molecule has 1 N–H and O–H groups in total. The van der Waals surface area contributed by atoms with Gasteiger partial charge in [-0.2, -0.15) is 5.10 Å². The first-order valence-electron chi connectivity index (χ1n) is 8.87. The van der Waals surface area contributed by atoms with Gasteiger partial charge in [0.15, 0.2) is 0 Å². The monoisotopic (exact) mass is 363 g/mol. The van der Waals surface area contributed by atoms with Crippen LogP contribution in [-0.2, 0) is 0 Å². The van der Waals surface area contributed by atoms with Crippen LogP contribution in [0.2, 0.25) is 0 Å². The van der Waals surface area contributed by atoms with Crippen LogP contribution in [0.3, 0.4) is 0 Å². The van der Waals surface area contributed by atoms with E-state index in [2.05, 4.69) is 10.4 Å². The van der Waals surface area contributed by atoms with Crippen molar-refractivity contribution in [2.45, 2.75) is 18.9 Å². The molecule has 1 aliphatic carbocycles. The third-order valence-electron chi connectivity index (χ3n) is 4.54. The molecule has 0 aliphatic heterocycles. The number of nitrogens with one attached hydrogen (secondary N) is 1. The Labute approximate surface area is 157 Å². The summed E-state index contributed by atoms with van der Waals surface area (Å²) in [5.74, 6) is 1.38. The maximum atomic E-state index is 12.8. The smallest absolute Gasteiger partial charge is 0.270 e. The van der Waals surface area contributed by atoms with Crippen LogP contribution < -0.4 is 14.8 Å². The number of nitrogens with zero attached hydrogens (tertiary/aromatic N) is 2. The number of rotatable bonds is 6. The van der Waals surface area contributed by atoms with Crippen LogP contribution in [0.1, 0.15) is 23.3 Å². The molecule has 4 rings (SSSR count). The van der Waals surface area contributed by atoms with Gasteiger partial charge in [-0.1, -0.05) is 12.1 Å². The van der Waals surface area contributed by atoms with E-state index in [0.29, 0.717) is 11.4 Å². The van der Waals surface area contributed by atoms with Gasteiger partial charge in [-0.25, -0.2) is 4.68 Å². The van der Waals surface area contributed by atoms with E-state index in [0.717, 1.165) is 35.6 Å². The van der Waals surface area contributed by atoms with Crippen molar-refractivity contribution in [3.8, 4) is 28.4 Å². The van der Waals surface area contributed by atoms with E-state index < -0.39 is 0 Å². The van der Waals surface area contributed by atoms with Crippen molar-refractivity contribution < 1.29 is 14.3 Å². The van der Waals surface area contributed by atoms with E-state index in [1.54, 1.807) is 18.9 Å². The molecule has 1 fully saturated rings. The Kier molecular flexibility index (Phi) is 4.54. The molecular formula is C21H21N3O3. The summed E-state index contributed by atoms with van der Waals surface area (Å²) in [6.07, 6.45) is 2.07. The van der Waals surface area contributed by atoms with Crippen LogP contribution in [0, 0.1) is 0 Å². The normalized spacial score (nSPS) is 13.3. The second-order valence-electron chi connectivity index (χ2n) is 6.50. The van der Waals surface area contributed by atoms with Crippen molar-refractivity contribution in [2.75, 3.05) is 14.2 Å². The number of methoxy groups -OCH3 is 2. The number of hydrogen-bond donors (Lipinski definition) is 1. The van der Waals surface area contributed by atoms with E-state index >= 15 is 0 Å². The summed E-state index contributed by atoms with van der Waals surface area (Å²) in [7, 11) is 3.25. The molecule has 3 aromatic rings. The average Bonchev–Trinajstić information content (AvgIpc) is 3.41.